The molecule has 0 bridgehead atoms. The summed E-state index contributed by atoms with van der Waals surface area (Å²) in [5.41, 5.74) is 4.36. The number of rotatable bonds is 4. The monoisotopic (exact) mass is 365 g/mol. The van der Waals surface area contributed by atoms with Crippen LogP contribution in [0.25, 0.3) is 0 Å². The van der Waals surface area contributed by atoms with Crippen molar-refractivity contribution in [3.05, 3.63) is 40.7 Å². The van der Waals surface area contributed by atoms with Crippen LogP contribution in [0.5, 0.6) is 0 Å². The second-order valence-corrected chi connectivity index (χ2v) is 7.75. The summed E-state index contributed by atoms with van der Waals surface area (Å²) in [7, 11) is 0. The number of hydrogen-bond acceptors (Lipinski definition) is 5. The molecule has 6 nitrogen and oxygen atoms in total. The highest BCUT2D eigenvalue weighted by Crippen LogP contribution is 2.37. The molecule has 3 rings (SSSR count). The van der Waals surface area contributed by atoms with Gasteiger partial charge >= 0.3 is 0 Å². The first-order valence-corrected chi connectivity index (χ1v) is 9.10. The van der Waals surface area contributed by atoms with Crippen LogP contribution in [0.4, 0.5) is 0 Å². The van der Waals surface area contributed by atoms with Gasteiger partial charge in [0, 0.05) is 11.6 Å². The number of thioether (sulfide) groups is 1. The zero-order valence-corrected chi connectivity index (χ0v) is 15.4. The van der Waals surface area contributed by atoms with Crippen LogP contribution in [0.15, 0.2) is 29.4 Å². The van der Waals surface area contributed by atoms with Crippen LogP contribution in [0.1, 0.15) is 31.3 Å². The number of fused-ring (bicyclic) bond motifs is 1. The van der Waals surface area contributed by atoms with E-state index in [0.29, 0.717) is 22.6 Å². The summed E-state index contributed by atoms with van der Waals surface area (Å²) >= 11 is 7.42. The van der Waals surface area contributed by atoms with Crippen LogP contribution in [-0.2, 0) is 4.79 Å². The first-order chi connectivity index (χ1) is 11.5. The maximum absolute atomic E-state index is 12.7. The molecular formula is C16H20ClN5OS. The summed E-state index contributed by atoms with van der Waals surface area (Å²) in [6.45, 7) is 6.67. The molecule has 24 heavy (non-hydrogen) atoms. The number of aromatic nitrogens is 3. The number of nitrogens with one attached hydrogen (secondary N) is 2. The third kappa shape index (κ3) is 3.52. The van der Waals surface area contributed by atoms with Crippen LogP contribution in [0.3, 0.4) is 0 Å². The minimum atomic E-state index is -0.332. The van der Waals surface area contributed by atoms with Gasteiger partial charge in [0.15, 0.2) is 0 Å². The fourth-order valence-corrected chi connectivity index (χ4v) is 3.76. The van der Waals surface area contributed by atoms with E-state index in [1.54, 1.807) is 0 Å². The van der Waals surface area contributed by atoms with Crippen molar-refractivity contribution in [2.75, 3.05) is 12.0 Å². The summed E-state index contributed by atoms with van der Waals surface area (Å²) in [5.74, 6) is 1.15. The molecule has 2 atom stereocenters. The molecule has 2 aromatic rings. The number of hydrogen-bond donors (Lipinski definition) is 2. The molecule has 0 spiro atoms. The molecule has 2 heterocycles. The van der Waals surface area contributed by atoms with Crippen LogP contribution in [0, 0.1) is 12.8 Å². The molecule has 0 fully saturated rings. The summed E-state index contributed by atoms with van der Waals surface area (Å²) in [6, 6.07) is 7.35. The second kappa shape index (κ2) is 7.03. The van der Waals surface area contributed by atoms with Gasteiger partial charge in [-0.3, -0.25) is 4.79 Å². The number of carbonyl (C=O) groups excluding carboxylic acids is 1. The maximum atomic E-state index is 12.7. The number of amides is 1. The normalized spacial score (nSPS) is 19.7. The van der Waals surface area contributed by atoms with Gasteiger partial charge in [-0.25, -0.2) is 4.68 Å². The van der Waals surface area contributed by atoms with E-state index in [1.165, 1.54) is 11.8 Å². The number of halogens is 1. The minimum absolute atomic E-state index is 0.00643. The average Bonchev–Trinajstić information content (AvgIpc) is 2.93. The molecule has 1 aromatic heterocycles. The van der Waals surface area contributed by atoms with Gasteiger partial charge in [0.25, 0.3) is 0 Å². The van der Waals surface area contributed by atoms with Gasteiger partial charge in [0.1, 0.15) is 11.1 Å². The van der Waals surface area contributed by atoms with E-state index in [0.717, 1.165) is 11.4 Å². The molecule has 8 heteroatoms. The molecule has 0 saturated carbocycles. The highest BCUT2D eigenvalue weighted by molar-refractivity contribution is 8.00. The Morgan fingerprint density at radius 3 is 2.75 bits per heavy atom. The van der Waals surface area contributed by atoms with Crippen molar-refractivity contribution in [1.82, 2.24) is 20.2 Å². The lowest BCUT2D eigenvalue weighted by Gasteiger charge is -2.33. The van der Waals surface area contributed by atoms with Gasteiger partial charge in [-0.2, -0.15) is 0 Å². The molecule has 128 valence electrons. The van der Waals surface area contributed by atoms with Crippen molar-refractivity contribution >= 4 is 29.3 Å². The average molecular weight is 366 g/mol. The van der Waals surface area contributed by atoms with Gasteiger partial charge in [0.2, 0.25) is 11.1 Å². The van der Waals surface area contributed by atoms with Crippen LogP contribution in [-0.4, -0.2) is 32.6 Å². The van der Waals surface area contributed by atoms with Crippen molar-refractivity contribution in [1.29, 1.82) is 0 Å². The predicted octanol–water partition coefficient (Wildman–Crippen LogP) is 2.77. The Balaban J connectivity index is 1.90. The second-order valence-electron chi connectivity index (χ2n) is 6.20. The highest BCUT2D eigenvalue weighted by Gasteiger charge is 2.37. The number of nitrogens with zero attached hydrogens (tertiary/aromatic N) is 3. The van der Waals surface area contributed by atoms with Gasteiger partial charge in [-0.15, -0.1) is 10.2 Å². The Hall–Kier alpha value is -1.73. The SMILES string of the molecule is Cc1nnc2n1N[C@H](c1ccc(Cl)cc1)[C@@H](C(=O)NCC(C)C)S2. The summed E-state index contributed by atoms with van der Waals surface area (Å²) in [6.07, 6.45) is 0. The number of aryl methyl sites for hydroxylation is 1. The van der Waals surface area contributed by atoms with Gasteiger partial charge < -0.3 is 10.7 Å². The van der Waals surface area contributed by atoms with E-state index < -0.39 is 0 Å². The molecule has 1 aliphatic heterocycles. The van der Waals surface area contributed by atoms with Gasteiger partial charge in [0.05, 0.1) is 6.04 Å². The predicted molar refractivity (Wildman–Crippen MR) is 95.8 cm³/mol. The van der Waals surface area contributed by atoms with Crippen LogP contribution in [0.2, 0.25) is 5.02 Å². The molecule has 0 unspecified atom stereocenters. The molecular weight excluding hydrogens is 346 g/mol. The number of carbonyl (C=O) groups is 1. The van der Waals surface area contributed by atoms with E-state index in [1.807, 2.05) is 35.9 Å². The van der Waals surface area contributed by atoms with Crippen molar-refractivity contribution in [2.24, 2.45) is 5.92 Å². The Bertz CT molecular complexity index is 731. The topological polar surface area (TPSA) is 71.8 Å². The highest BCUT2D eigenvalue weighted by atomic mass is 35.5. The Kier molecular flexibility index (Phi) is 5.01. The van der Waals surface area contributed by atoms with Crippen molar-refractivity contribution in [2.45, 2.75) is 37.2 Å². The maximum Gasteiger partial charge on any atom is 0.236 e. The van der Waals surface area contributed by atoms with Crippen LogP contribution >= 0.6 is 23.4 Å². The van der Waals surface area contributed by atoms with Crippen molar-refractivity contribution in [3.8, 4) is 0 Å². The first kappa shape index (κ1) is 17.1. The number of benzene rings is 1. The van der Waals surface area contributed by atoms with E-state index in [4.69, 9.17) is 11.6 Å². The fourth-order valence-electron chi connectivity index (χ4n) is 2.49. The molecule has 1 aliphatic rings. The lowest BCUT2D eigenvalue weighted by atomic mass is 10.0. The molecule has 1 aromatic carbocycles. The van der Waals surface area contributed by atoms with E-state index >= 15 is 0 Å². The van der Waals surface area contributed by atoms with E-state index in [9.17, 15) is 4.79 Å². The van der Waals surface area contributed by atoms with E-state index in [-0.39, 0.29) is 17.2 Å². The molecule has 0 aliphatic carbocycles. The quantitative estimate of drug-likeness (QED) is 0.871. The molecule has 0 saturated heterocycles. The molecule has 1 amide bonds. The Morgan fingerprint density at radius 2 is 2.08 bits per heavy atom. The molecule has 0 radical (unpaired) electrons. The fraction of sp³-hybridized carbons (Fsp3) is 0.438. The van der Waals surface area contributed by atoms with Crippen molar-refractivity contribution < 1.29 is 4.79 Å². The standard InChI is InChI=1S/C16H20ClN5OS/c1-9(2)8-18-15(23)14-13(11-4-6-12(17)7-5-11)21-22-10(3)19-20-16(22)24-14/h4-7,9,13-14,21H,8H2,1-3H3,(H,18,23)/t13-,14+/m1/s1. The first-order valence-electron chi connectivity index (χ1n) is 7.84. The zero-order chi connectivity index (χ0) is 17.3. The third-order valence-corrected chi connectivity index (χ3v) is 5.24. The zero-order valence-electron chi connectivity index (χ0n) is 13.8. The summed E-state index contributed by atoms with van der Waals surface area (Å²) in [5, 5.41) is 12.3. The summed E-state index contributed by atoms with van der Waals surface area (Å²) < 4.78 is 1.83. The summed E-state index contributed by atoms with van der Waals surface area (Å²) in [4.78, 5) is 12.7. The Labute approximate surface area is 150 Å². The van der Waals surface area contributed by atoms with Gasteiger partial charge in [-0.1, -0.05) is 49.3 Å². The lowest BCUT2D eigenvalue weighted by Crippen LogP contribution is -2.44. The van der Waals surface area contributed by atoms with E-state index in [2.05, 4.69) is 34.8 Å². The molecule has 2 N–H and O–H groups in total. The van der Waals surface area contributed by atoms with Gasteiger partial charge in [-0.05, 0) is 30.5 Å². The van der Waals surface area contributed by atoms with Crippen molar-refractivity contribution in [3.63, 3.8) is 0 Å². The largest absolute Gasteiger partial charge is 0.355 e. The van der Waals surface area contributed by atoms with Crippen LogP contribution < -0.4 is 10.7 Å². The third-order valence-electron chi connectivity index (χ3n) is 3.77. The minimum Gasteiger partial charge on any atom is -0.355 e. The lowest BCUT2D eigenvalue weighted by molar-refractivity contribution is -0.121. The smallest absolute Gasteiger partial charge is 0.236 e. The Morgan fingerprint density at radius 1 is 1.38 bits per heavy atom.